The van der Waals surface area contributed by atoms with Gasteiger partial charge in [-0.15, -0.1) is 0 Å². The highest BCUT2D eigenvalue weighted by molar-refractivity contribution is 5.85. The number of benzene rings is 1. The highest BCUT2D eigenvalue weighted by Gasteiger charge is 2.62. The lowest BCUT2D eigenvalue weighted by Gasteiger charge is -2.55. The van der Waals surface area contributed by atoms with Crippen molar-refractivity contribution in [2.75, 3.05) is 5.32 Å². The van der Waals surface area contributed by atoms with Crippen molar-refractivity contribution in [1.29, 1.82) is 0 Å². The van der Waals surface area contributed by atoms with Gasteiger partial charge in [0.1, 0.15) is 5.78 Å². The fraction of sp³-hybridized carbons (Fsp3) is 0.562. The van der Waals surface area contributed by atoms with Crippen LogP contribution >= 0.6 is 0 Å². The van der Waals surface area contributed by atoms with Crippen LogP contribution in [0, 0.1) is 5.41 Å². The van der Waals surface area contributed by atoms with Crippen LogP contribution in [0.5, 0.6) is 0 Å². The third kappa shape index (κ3) is 1.16. The van der Waals surface area contributed by atoms with E-state index in [9.17, 15) is 4.79 Å². The van der Waals surface area contributed by atoms with Crippen molar-refractivity contribution in [2.45, 2.75) is 51.5 Å². The number of nitrogens with one attached hydrogen (secondary N) is 1. The molecule has 2 nitrogen and oxygen atoms in total. The summed E-state index contributed by atoms with van der Waals surface area (Å²) in [5, 5.41) is 3.62. The minimum absolute atomic E-state index is 0.00447. The maximum absolute atomic E-state index is 12.1. The normalized spacial score (nSPS) is 36.8. The quantitative estimate of drug-likeness (QED) is 0.755. The molecule has 0 saturated heterocycles. The second-order valence-corrected chi connectivity index (χ2v) is 6.90. The zero-order valence-electron chi connectivity index (χ0n) is 11.6. The van der Waals surface area contributed by atoms with Gasteiger partial charge < -0.3 is 5.32 Å². The van der Waals surface area contributed by atoms with E-state index in [2.05, 4.69) is 57.3 Å². The molecular weight excluding hydrogens is 222 g/mol. The molecule has 2 aliphatic rings. The number of carbonyl (C=O) groups excluding carboxylic acids is 1. The number of hydrogen-bond acceptors (Lipinski definition) is 2. The van der Waals surface area contributed by atoms with Crippen LogP contribution in [-0.4, -0.2) is 11.3 Å². The van der Waals surface area contributed by atoms with Crippen LogP contribution in [0.2, 0.25) is 0 Å². The van der Waals surface area contributed by atoms with Crippen molar-refractivity contribution < 1.29 is 4.79 Å². The molecule has 2 heteroatoms. The molecular formula is C16H21NO. The number of Topliss-reactive ketones (excluding diaryl/α,β-unsaturated/α-hetero) is 1. The van der Waals surface area contributed by atoms with E-state index in [0.29, 0.717) is 18.6 Å². The van der Waals surface area contributed by atoms with Gasteiger partial charge in [-0.25, -0.2) is 0 Å². The summed E-state index contributed by atoms with van der Waals surface area (Å²) in [7, 11) is 0. The van der Waals surface area contributed by atoms with E-state index in [1.165, 1.54) is 11.3 Å². The van der Waals surface area contributed by atoms with Crippen LogP contribution in [0.15, 0.2) is 24.3 Å². The monoisotopic (exact) mass is 243 g/mol. The van der Waals surface area contributed by atoms with Gasteiger partial charge in [-0.05, 0) is 24.0 Å². The number of rotatable bonds is 0. The SMILES string of the molecule is CC1(C)CC(=O)CC2(C)Nc3ccccc3C12C. The standard InChI is InChI=1S/C16H21NO/c1-14(2)9-11(18)10-15(3)16(14,4)12-7-5-6-8-13(12)17-15/h5-8,17H,9-10H2,1-4H3. The number of para-hydroxylation sites is 1. The predicted molar refractivity (Wildman–Crippen MR) is 73.8 cm³/mol. The Balaban J connectivity index is 2.26. The van der Waals surface area contributed by atoms with Crippen molar-refractivity contribution in [1.82, 2.24) is 0 Å². The minimum Gasteiger partial charge on any atom is -0.378 e. The Morgan fingerprint density at radius 1 is 1.06 bits per heavy atom. The summed E-state index contributed by atoms with van der Waals surface area (Å²) in [4.78, 5) is 12.1. The zero-order chi connectivity index (χ0) is 13.2. The summed E-state index contributed by atoms with van der Waals surface area (Å²) in [6.45, 7) is 8.97. The Morgan fingerprint density at radius 2 is 1.72 bits per heavy atom. The highest BCUT2D eigenvalue weighted by atomic mass is 16.1. The molecule has 96 valence electrons. The van der Waals surface area contributed by atoms with E-state index in [-0.39, 0.29) is 16.4 Å². The summed E-state index contributed by atoms with van der Waals surface area (Å²) in [5.41, 5.74) is 2.40. The molecule has 0 amide bonds. The van der Waals surface area contributed by atoms with Crippen molar-refractivity contribution in [3.8, 4) is 0 Å². The van der Waals surface area contributed by atoms with Gasteiger partial charge in [0.05, 0.1) is 5.54 Å². The van der Waals surface area contributed by atoms with E-state index in [0.717, 1.165) is 0 Å². The van der Waals surface area contributed by atoms with E-state index >= 15 is 0 Å². The fourth-order valence-corrected chi connectivity index (χ4v) is 4.21. The van der Waals surface area contributed by atoms with Crippen LogP contribution < -0.4 is 5.32 Å². The smallest absolute Gasteiger partial charge is 0.135 e. The molecule has 0 bridgehead atoms. The molecule has 1 aliphatic carbocycles. The van der Waals surface area contributed by atoms with Gasteiger partial charge in [-0.1, -0.05) is 39.0 Å². The third-order valence-corrected chi connectivity index (χ3v) is 5.52. The molecule has 1 aromatic carbocycles. The molecule has 1 heterocycles. The molecule has 1 N–H and O–H groups in total. The van der Waals surface area contributed by atoms with Gasteiger partial charge in [0, 0.05) is 23.9 Å². The summed E-state index contributed by atoms with van der Waals surface area (Å²) < 4.78 is 0. The van der Waals surface area contributed by atoms with Crippen molar-refractivity contribution >= 4 is 11.5 Å². The Hall–Kier alpha value is -1.31. The lowest BCUT2D eigenvalue weighted by Crippen LogP contribution is -2.61. The number of carbonyl (C=O) groups is 1. The maximum atomic E-state index is 12.1. The van der Waals surface area contributed by atoms with Crippen molar-refractivity contribution in [2.24, 2.45) is 5.41 Å². The molecule has 2 unspecified atom stereocenters. The Kier molecular flexibility index (Phi) is 2.07. The largest absolute Gasteiger partial charge is 0.378 e. The molecule has 0 spiro atoms. The third-order valence-electron chi connectivity index (χ3n) is 5.52. The number of fused-ring (bicyclic) bond motifs is 3. The molecule has 1 fully saturated rings. The van der Waals surface area contributed by atoms with Gasteiger partial charge >= 0.3 is 0 Å². The zero-order valence-corrected chi connectivity index (χ0v) is 11.6. The Morgan fingerprint density at radius 3 is 2.44 bits per heavy atom. The van der Waals surface area contributed by atoms with Crippen LogP contribution in [0.4, 0.5) is 5.69 Å². The molecule has 18 heavy (non-hydrogen) atoms. The second kappa shape index (κ2) is 3.17. The molecule has 0 aromatic heterocycles. The Labute approximate surface area is 109 Å². The lowest BCUT2D eigenvalue weighted by molar-refractivity contribution is -0.128. The fourth-order valence-electron chi connectivity index (χ4n) is 4.21. The van der Waals surface area contributed by atoms with Gasteiger partial charge in [-0.2, -0.15) is 0 Å². The topological polar surface area (TPSA) is 29.1 Å². The molecule has 1 saturated carbocycles. The lowest BCUT2D eigenvalue weighted by atomic mass is 9.50. The number of hydrogen-bond donors (Lipinski definition) is 1. The van der Waals surface area contributed by atoms with Gasteiger partial charge in [0.25, 0.3) is 0 Å². The van der Waals surface area contributed by atoms with Crippen molar-refractivity contribution in [3.05, 3.63) is 29.8 Å². The first-order valence-electron chi connectivity index (χ1n) is 6.70. The maximum Gasteiger partial charge on any atom is 0.135 e. The van der Waals surface area contributed by atoms with E-state index in [1.807, 2.05) is 0 Å². The Bertz CT molecular complexity index is 534. The first kappa shape index (κ1) is 11.8. The molecule has 3 rings (SSSR count). The van der Waals surface area contributed by atoms with Crippen LogP contribution in [0.1, 0.15) is 46.1 Å². The van der Waals surface area contributed by atoms with Gasteiger partial charge in [0.15, 0.2) is 0 Å². The van der Waals surface area contributed by atoms with Gasteiger partial charge in [-0.3, -0.25) is 4.79 Å². The van der Waals surface area contributed by atoms with Crippen LogP contribution in [0.25, 0.3) is 0 Å². The first-order chi connectivity index (χ1) is 8.30. The second-order valence-electron chi connectivity index (χ2n) is 6.90. The van der Waals surface area contributed by atoms with Crippen LogP contribution in [-0.2, 0) is 10.2 Å². The molecule has 2 atom stereocenters. The van der Waals surface area contributed by atoms with E-state index < -0.39 is 0 Å². The van der Waals surface area contributed by atoms with Gasteiger partial charge in [0.2, 0.25) is 0 Å². The average Bonchev–Trinajstić information content (AvgIpc) is 2.48. The summed E-state index contributed by atoms with van der Waals surface area (Å²) in [6.07, 6.45) is 1.30. The predicted octanol–water partition coefficient (Wildman–Crippen LogP) is 3.52. The minimum atomic E-state index is -0.157. The average molecular weight is 243 g/mol. The summed E-state index contributed by atoms with van der Waals surface area (Å²) >= 11 is 0. The highest BCUT2D eigenvalue weighted by Crippen LogP contribution is 2.61. The van der Waals surface area contributed by atoms with Crippen molar-refractivity contribution in [3.63, 3.8) is 0 Å². The summed E-state index contributed by atoms with van der Waals surface area (Å²) in [6, 6.07) is 8.50. The molecule has 1 aliphatic heterocycles. The summed E-state index contributed by atoms with van der Waals surface area (Å²) in [5.74, 6) is 0.375. The van der Waals surface area contributed by atoms with Crippen LogP contribution in [0.3, 0.4) is 0 Å². The number of anilines is 1. The molecule has 1 aromatic rings. The van der Waals surface area contributed by atoms with E-state index in [1.54, 1.807) is 0 Å². The number of ketones is 1. The molecule has 0 radical (unpaired) electrons. The first-order valence-corrected chi connectivity index (χ1v) is 6.70. The van der Waals surface area contributed by atoms with E-state index in [4.69, 9.17) is 0 Å².